The highest BCUT2D eigenvalue weighted by molar-refractivity contribution is 7.80. The molecule has 2 fully saturated rings. The van der Waals surface area contributed by atoms with Crippen LogP contribution in [0, 0.1) is 59.2 Å². The summed E-state index contributed by atoms with van der Waals surface area (Å²) in [6.07, 6.45) is 26.2. The first-order valence-electron chi connectivity index (χ1n) is 38.7. The third-order valence-electron chi connectivity index (χ3n) is 20.5. The van der Waals surface area contributed by atoms with Gasteiger partial charge in [-0.15, -0.1) is 0 Å². The Morgan fingerprint density at radius 1 is 0.415 bits per heavy atom. The van der Waals surface area contributed by atoms with Crippen LogP contribution in [0.2, 0.25) is 0 Å². The molecule has 0 saturated carbocycles. The maximum Gasteiger partial charge on any atom is 0.397 e. The van der Waals surface area contributed by atoms with Crippen LogP contribution in [-0.2, 0) is 47.9 Å². The first kappa shape index (κ1) is 88.5. The van der Waals surface area contributed by atoms with Gasteiger partial charge in [-0.2, -0.15) is 8.42 Å². The standard InChI is InChI=1S/C76H146O17S/c1-13-15-17-19-21-23-25-27-28-30-32-34-36-38-40-42-67(80)90-73-71(69(82)66(53-78)89-76(73)92-75-72(93-94(85,86)87)70(83)68(81)65(52-77)88-75)91-74(84)63(12)51-61(10)49-59(8)47-57(6)45-55(4)43-54(3)44-56(5)46-58(7)48-60(9)50-62(11)64(79)41-39-37-35-33-31-29-26-24-22-20-18-16-14-2/h54-66,68-73,75-79,81-83H,13-53H2,1-12H3,(H,85,86,87)/t54-,55+,56-,57+,58-,59+,60-,61+,62-,63+,64+,65+,66-,68+,69-,70-,71+,72+,73-,75+,76-/m0/s1. The van der Waals surface area contributed by atoms with Crippen molar-refractivity contribution in [2.24, 2.45) is 59.2 Å². The zero-order valence-electron chi connectivity index (χ0n) is 61.7. The molecule has 0 bridgehead atoms. The van der Waals surface area contributed by atoms with Gasteiger partial charge >= 0.3 is 22.3 Å². The van der Waals surface area contributed by atoms with Crippen molar-refractivity contribution in [3.8, 4) is 0 Å². The van der Waals surface area contributed by atoms with Crippen molar-refractivity contribution >= 4 is 22.3 Å². The molecule has 18 heteroatoms. The number of esters is 2. The Hall–Kier alpha value is -1.55. The fourth-order valence-corrected chi connectivity index (χ4v) is 16.3. The Morgan fingerprint density at radius 3 is 1.12 bits per heavy atom. The number of ether oxygens (including phenoxy) is 5. The summed E-state index contributed by atoms with van der Waals surface area (Å²) in [6, 6.07) is 0. The Labute approximate surface area is 574 Å². The van der Waals surface area contributed by atoms with Crippen LogP contribution in [0.15, 0.2) is 0 Å². The van der Waals surface area contributed by atoms with Crippen LogP contribution in [-0.4, -0.2) is 136 Å². The average Bonchev–Trinajstić information content (AvgIpc) is 0.781. The van der Waals surface area contributed by atoms with Crippen molar-refractivity contribution in [3.05, 3.63) is 0 Å². The van der Waals surface area contributed by atoms with Crippen molar-refractivity contribution in [2.75, 3.05) is 13.2 Å². The van der Waals surface area contributed by atoms with Crippen molar-refractivity contribution < 1.29 is 81.1 Å². The normalized spacial score (nSPS) is 25.6. The van der Waals surface area contributed by atoms with E-state index in [0.717, 1.165) is 70.6 Å². The van der Waals surface area contributed by atoms with Gasteiger partial charge < -0.3 is 54.3 Å². The molecule has 2 aliphatic heterocycles. The Bertz CT molecular complexity index is 1980. The van der Waals surface area contributed by atoms with Gasteiger partial charge in [0.05, 0.1) is 25.2 Å². The molecule has 21 atom stereocenters. The molecule has 94 heavy (non-hydrogen) atoms. The van der Waals surface area contributed by atoms with Gasteiger partial charge in [-0.25, -0.2) is 4.18 Å². The van der Waals surface area contributed by atoms with Gasteiger partial charge in [0.25, 0.3) is 0 Å². The quantitative estimate of drug-likeness (QED) is 0.0169. The second-order valence-corrected chi connectivity index (χ2v) is 32.1. The third-order valence-corrected chi connectivity index (χ3v) is 20.9. The van der Waals surface area contributed by atoms with Gasteiger partial charge in [-0.05, 0) is 124 Å². The summed E-state index contributed by atoms with van der Waals surface area (Å²) in [5, 5.41) is 64.6. The van der Waals surface area contributed by atoms with E-state index >= 15 is 0 Å². The first-order chi connectivity index (χ1) is 44.7. The molecule has 0 aromatic carbocycles. The van der Waals surface area contributed by atoms with Crippen LogP contribution < -0.4 is 0 Å². The van der Waals surface area contributed by atoms with Crippen molar-refractivity contribution in [2.45, 2.75) is 401 Å². The molecule has 17 nitrogen and oxygen atoms in total. The molecule has 558 valence electrons. The van der Waals surface area contributed by atoms with Crippen LogP contribution in [0.25, 0.3) is 0 Å². The highest BCUT2D eigenvalue weighted by atomic mass is 32.3. The highest BCUT2D eigenvalue weighted by Gasteiger charge is 2.55. The number of carbonyl (C=O) groups is 2. The molecule has 0 unspecified atom stereocenters. The second kappa shape index (κ2) is 51.6. The van der Waals surface area contributed by atoms with E-state index in [1.807, 2.05) is 0 Å². The van der Waals surface area contributed by atoms with Crippen LogP contribution in [0.3, 0.4) is 0 Å². The largest absolute Gasteiger partial charge is 0.455 e. The van der Waals surface area contributed by atoms with E-state index in [1.54, 1.807) is 6.92 Å². The maximum absolute atomic E-state index is 14.1. The van der Waals surface area contributed by atoms with Crippen LogP contribution in [0.1, 0.15) is 333 Å². The van der Waals surface area contributed by atoms with E-state index in [4.69, 9.17) is 23.7 Å². The Balaban J connectivity index is 1.92. The molecular weight excluding hydrogens is 1220 g/mol. The summed E-state index contributed by atoms with van der Waals surface area (Å²) in [6.45, 7) is 25.5. The topological polar surface area (TPSA) is 265 Å². The summed E-state index contributed by atoms with van der Waals surface area (Å²) in [5.41, 5.74) is 0. The number of carbonyl (C=O) groups excluding carboxylic acids is 2. The number of rotatable bonds is 58. The molecule has 2 saturated heterocycles. The van der Waals surface area contributed by atoms with E-state index < -0.39 is 103 Å². The molecule has 0 radical (unpaired) electrons. The average molecular weight is 1360 g/mol. The van der Waals surface area contributed by atoms with Crippen LogP contribution >= 0.6 is 0 Å². The lowest BCUT2D eigenvalue weighted by molar-refractivity contribution is -0.374. The lowest BCUT2D eigenvalue weighted by Gasteiger charge is -2.46. The van der Waals surface area contributed by atoms with E-state index in [0.29, 0.717) is 60.2 Å². The molecule has 0 aromatic heterocycles. The van der Waals surface area contributed by atoms with E-state index in [2.05, 4.69) is 80.3 Å². The molecule has 0 aliphatic carbocycles. The predicted octanol–water partition coefficient (Wildman–Crippen LogP) is 16.5. The summed E-state index contributed by atoms with van der Waals surface area (Å²) in [4.78, 5) is 27.8. The first-order valence-corrected chi connectivity index (χ1v) is 40.1. The van der Waals surface area contributed by atoms with Crippen molar-refractivity contribution in [3.63, 3.8) is 0 Å². The molecule has 2 aliphatic rings. The summed E-state index contributed by atoms with van der Waals surface area (Å²) in [5.74, 6) is 2.34. The number of hydrogen-bond donors (Lipinski definition) is 7. The smallest absolute Gasteiger partial charge is 0.397 e. The van der Waals surface area contributed by atoms with Gasteiger partial charge in [-0.3, -0.25) is 14.1 Å². The molecule has 0 amide bonds. The van der Waals surface area contributed by atoms with Crippen molar-refractivity contribution in [1.82, 2.24) is 0 Å². The van der Waals surface area contributed by atoms with E-state index in [1.165, 1.54) is 161 Å². The molecule has 0 aromatic rings. The second-order valence-electron chi connectivity index (χ2n) is 31.0. The highest BCUT2D eigenvalue weighted by Crippen LogP contribution is 2.36. The minimum absolute atomic E-state index is 0.0534. The van der Waals surface area contributed by atoms with Gasteiger partial charge in [0, 0.05) is 6.42 Å². The molecule has 7 N–H and O–H groups in total. The van der Waals surface area contributed by atoms with E-state index in [9.17, 15) is 53.2 Å². The molecular formula is C76H146O17S. The maximum atomic E-state index is 14.1. The number of aliphatic hydroxyl groups is 6. The summed E-state index contributed by atoms with van der Waals surface area (Å²) >= 11 is 0. The van der Waals surface area contributed by atoms with Gasteiger partial charge in [0.15, 0.2) is 24.6 Å². The summed E-state index contributed by atoms with van der Waals surface area (Å²) in [7, 11) is -5.33. The van der Waals surface area contributed by atoms with Gasteiger partial charge in [0.1, 0.15) is 30.5 Å². The van der Waals surface area contributed by atoms with E-state index in [-0.39, 0.29) is 18.4 Å². The third kappa shape index (κ3) is 39.4. The van der Waals surface area contributed by atoms with Crippen LogP contribution in [0.5, 0.6) is 0 Å². The Morgan fingerprint density at radius 2 is 0.745 bits per heavy atom. The van der Waals surface area contributed by atoms with Gasteiger partial charge in [-0.1, -0.05) is 256 Å². The minimum Gasteiger partial charge on any atom is -0.455 e. The Kier molecular flexibility index (Phi) is 48.6. The zero-order chi connectivity index (χ0) is 70.0. The lowest BCUT2D eigenvalue weighted by atomic mass is 9.79. The molecule has 2 heterocycles. The lowest BCUT2D eigenvalue weighted by Crippen LogP contribution is -2.65. The molecule has 2 rings (SSSR count). The fraction of sp³-hybridized carbons (Fsp3) is 0.974. The van der Waals surface area contributed by atoms with Crippen molar-refractivity contribution in [1.29, 1.82) is 0 Å². The van der Waals surface area contributed by atoms with Crippen LogP contribution in [0.4, 0.5) is 0 Å². The fourth-order valence-electron chi connectivity index (χ4n) is 15.8. The summed E-state index contributed by atoms with van der Waals surface area (Å²) < 4.78 is 67.6. The van der Waals surface area contributed by atoms with Gasteiger partial charge in [0.2, 0.25) is 6.29 Å². The number of unbranched alkanes of at least 4 members (excludes halogenated alkanes) is 26. The predicted molar refractivity (Wildman–Crippen MR) is 376 cm³/mol. The minimum atomic E-state index is -5.33. The number of aliphatic hydroxyl groups excluding tert-OH is 6. The monoisotopic (exact) mass is 1360 g/mol. The zero-order valence-corrected chi connectivity index (χ0v) is 62.6. The SMILES string of the molecule is CCCCCCCCCCCCCCCCCC(=O)O[C@@H]1[C@H](O[C@H]2O[C@H](CO)[C@@H](O)[C@H](O)[C@H]2OS(=O)(=O)O)O[C@@H](CO)[C@H](O)[C@H]1OC(=O)[C@H](C)C[C@H](C)C[C@H](C)C[C@H](C)C[C@H](C)C[C@H](C)C[C@H](C)C[C@H](C)C[C@H](C)C[C@H](C)[C@H](O)CCCCCCCCCCCCCCC. The molecule has 0 spiro atoms. The number of hydrogen-bond acceptors (Lipinski definition) is 16.